The van der Waals surface area contributed by atoms with Crippen molar-refractivity contribution >= 4 is 6.09 Å². The molecule has 1 fully saturated rings. The minimum absolute atomic E-state index is 0.208. The number of likely N-dealkylation sites (tertiary alicyclic amines) is 1. The lowest BCUT2D eigenvalue weighted by molar-refractivity contribution is 0.0966. The van der Waals surface area contributed by atoms with Gasteiger partial charge in [-0.1, -0.05) is 0 Å². The molecule has 0 spiro atoms. The summed E-state index contributed by atoms with van der Waals surface area (Å²) in [6.07, 6.45) is 5.13. The molecule has 0 atom stereocenters. The number of hydrogen-bond donors (Lipinski definition) is 0. The normalized spacial score (nSPS) is 16.9. The fraction of sp³-hybridized carbons (Fsp3) is 0.583. The molecule has 0 saturated carbocycles. The molecule has 17 heavy (non-hydrogen) atoms. The summed E-state index contributed by atoms with van der Waals surface area (Å²) in [6, 6.07) is 1.82. The number of amides is 1. The molecule has 0 bridgehead atoms. The highest BCUT2D eigenvalue weighted by Gasteiger charge is 2.25. The Balaban J connectivity index is 1.88. The van der Waals surface area contributed by atoms with Gasteiger partial charge in [0.1, 0.15) is 5.82 Å². The van der Waals surface area contributed by atoms with Crippen LogP contribution in [-0.2, 0) is 4.74 Å². The molecule has 1 aliphatic rings. The highest BCUT2D eigenvalue weighted by Crippen LogP contribution is 2.25. The summed E-state index contributed by atoms with van der Waals surface area (Å²) in [6.45, 7) is 3.70. The van der Waals surface area contributed by atoms with E-state index in [0.29, 0.717) is 12.5 Å². The van der Waals surface area contributed by atoms with Gasteiger partial charge < -0.3 is 9.64 Å². The summed E-state index contributed by atoms with van der Waals surface area (Å²) in [5.74, 6) is 1.25. The Kier molecular flexibility index (Phi) is 3.90. The molecule has 5 nitrogen and oxygen atoms in total. The van der Waals surface area contributed by atoms with E-state index in [0.717, 1.165) is 31.8 Å². The van der Waals surface area contributed by atoms with Crippen molar-refractivity contribution in [1.82, 2.24) is 14.9 Å². The Morgan fingerprint density at radius 3 is 2.65 bits per heavy atom. The second-order valence-corrected chi connectivity index (χ2v) is 4.07. The molecule has 1 aromatic heterocycles. The molecule has 1 aliphatic heterocycles. The molecule has 1 aromatic rings. The third kappa shape index (κ3) is 2.93. The molecule has 0 aromatic carbocycles. The molecule has 2 heterocycles. The first kappa shape index (κ1) is 11.8. The van der Waals surface area contributed by atoms with Crippen molar-refractivity contribution in [3.63, 3.8) is 0 Å². The topological polar surface area (TPSA) is 55.3 Å². The van der Waals surface area contributed by atoms with Crippen LogP contribution in [0.5, 0.6) is 0 Å². The van der Waals surface area contributed by atoms with Crippen LogP contribution < -0.4 is 0 Å². The van der Waals surface area contributed by atoms with Crippen molar-refractivity contribution in [3.05, 3.63) is 24.3 Å². The van der Waals surface area contributed by atoms with Crippen molar-refractivity contribution in [2.75, 3.05) is 19.7 Å². The lowest BCUT2D eigenvalue weighted by atomic mass is 9.96. The summed E-state index contributed by atoms with van der Waals surface area (Å²) in [4.78, 5) is 21.8. The average Bonchev–Trinajstić information content (AvgIpc) is 2.40. The monoisotopic (exact) mass is 235 g/mol. The number of ether oxygens (including phenoxy) is 1. The SMILES string of the molecule is CCOC(=O)N1CCC(c2ncccn2)CC1. The molecule has 5 heteroatoms. The maximum absolute atomic E-state index is 11.5. The Morgan fingerprint density at radius 2 is 2.06 bits per heavy atom. The smallest absolute Gasteiger partial charge is 0.409 e. The quantitative estimate of drug-likeness (QED) is 0.784. The van der Waals surface area contributed by atoms with Crippen molar-refractivity contribution in [1.29, 1.82) is 0 Å². The highest BCUT2D eigenvalue weighted by atomic mass is 16.6. The summed E-state index contributed by atoms with van der Waals surface area (Å²) < 4.78 is 4.98. The van der Waals surface area contributed by atoms with Gasteiger partial charge >= 0.3 is 6.09 Å². The minimum atomic E-state index is -0.208. The zero-order valence-electron chi connectivity index (χ0n) is 10.0. The van der Waals surface area contributed by atoms with E-state index in [1.807, 2.05) is 13.0 Å². The zero-order valence-corrected chi connectivity index (χ0v) is 10.0. The minimum Gasteiger partial charge on any atom is -0.450 e. The Hall–Kier alpha value is -1.65. The molecule has 0 aliphatic carbocycles. The molecule has 2 rings (SSSR count). The van der Waals surface area contributed by atoms with E-state index in [9.17, 15) is 4.79 Å². The number of piperidine rings is 1. The zero-order chi connectivity index (χ0) is 12.1. The van der Waals surface area contributed by atoms with Gasteiger partial charge in [0, 0.05) is 31.4 Å². The first-order valence-corrected chi connectivity index (χ1v) is 6.00. The van der Waals surface area contributed by atoms with Crippen molar-refractivity contribution in [3.8, 4) is 0 Å². The number of rotatable bonds is 2. The van der Waals surface area contributed by atoms with Crippen molar-refractivity contribution in [2.24, 2.45) is 0 Å². The van der Waals surface area contributed by atoms with Gasteiger partial charge in [-0.25, -0.2) is 14.8 Å². The van der Waals surface area contributed by atoms with Crippen molar-refractivity contribution < 1.29 is 9.53 Å². The van der Waals surface area contributed by atoms with Crippen LogP contribution in [-0.4, -0.2) is 40.7 Å². The van der Waals surface area contributed by atoms with Crippen LogP contribution in [0.4, 0.5) is 4.79 Å². The second-order valence-electron chi connectivity index (χ2n) is 4.07. The number of nitrogens with zero attached hydrogens (tertiary/aromatic N) is 3. The number of aromatic nitrogens is 2. The molecule has 0 N–H and O–H groups in total. The van der Waals surface area contributed by atoms with Crippen LogP contribution in [0.2, 0.25) is 0 Å². The third-order valence-electron chi connectivity index (χ3n) is 2.97. The fourth-order valence-electron chi connectivity index (χ4n) is 2.06. The molecule has 0 unspecified atom stereocenters. The van der Waals surface area contributed by atoms with Gasteiger partial charge in [-0.15, -0.1) is 0 Å². The first-order chi connectivity index (χ1) is 8.31. The van der Waals surface area contributed by atoms with Crippen LogP contribution in [0.15, 0.2) is 18.5 Å². The molecular weight excluding hydrogens is 218 g/mol. The van der Waals surface area contributed by atoms with Gasteiger partial charge in [-0.3, -0.25) is 0 Å². The highest BCUT2D eigenvalue weighted by molar-refractivity contribution is 5.67. The third-order valence-corrected chi connectivity index (χ3v) is 2.97. The van der Waals surface area contributed by atoms with E-state index in [1.54, 1.807) is 17.3 Å². The standard InChI is InChI=1S/C12H17N3O2/c1-2-17-12(16)15-8-4-10(5-9-15)11-13-6-3-7-14-11/h3,6-7,10H,2,4-5,8-9H2,1H3. The second kappa shape index (κ2) is 5.61. The van der Waals surface area contributed by atoms with Gasteiger partial charge in [0.05, 0.1) is 6.61 Å². The summed E-state index contributed by atoms with van der Waals surface area (Å²) >= 11 is 0. The van der Waals surface area contributed by atoms with Crippen LogP contribution in [0.3, 0.4) is 0 Å². The van der Waals surface area contributed by atoms with Gasteiger partial charge in [0.15, 0.2) is 0 Å². The fourth-order valence-corrected chi connectivity index (χ4v) is 2.06. The van der Waals surface area contributed by atoms with Crippen LogP contribution in [0.25, 0.3) is 0 Å². The molecule has 92 valence electrons. The largest absolute Gasteiger partial charge is 0.450 e. The number of hydrogen-bond acceptors (Lipinski definition) is 4. The predicted molar refractivity (Wildman–Crippen MR) is 62.6 cm³/mol. The lowest BCUT2D eigenvalue weighted by Gasteiger charge is -2.30. The van der Waals surface area contributed by atoms with Crippen LogP contribution in [0.1, 0.15) is 31.5 Å². The van der Waals surface area contributed by atoms with Gasteiger partial charge in [-0.05, 0) is 25.8 Å². The number of carbonyl (C=O) groups is 1. The Morgan fingerprint density at radius 1 is 1.41 bits per heavy atom. The maximum Gasteiger partial charge on any atom is 0.409 e. The summed E-state index contributed by atoms with van der Waals surface area (Å²) in [5, 5.41) is 0. The van der Waals surface area contributed by atoms with Gasteiger partial charge in [0.2, 0.25) is 0 Å². The molecule has 1 amide bonds. The van der Waals surface area contributed by atoms with E-state index < -0.39 is 0 Å². The first-order valence-electron chi connectivity index (χ1n) is 6.00. The summed E-state index contributed by atoms with van der Waals surface area (Å²) in [7, 11) is 0. The molecule has 1 saturated heterocycles. The van der Waals surface area contributed by atoms with E-state index in [2.05, 4.69) is 9.97 Å². The van der Waals surface area contributed by atoms with E-state index in [4.69, 9.17) is 4.74 Å². The summed E-state index contributed by atoms with van der Waals surface area (Å²) in [5.41, 5.74) is 0. The van der Waals surface area contributed by atoms with Gasteiger partial charge in [0.25, 0.3) is 0 Å². The van der Waals surface area contributed by atoms with Crippen LogP contribution >= 0.6 is 0 Å². The van der Waals surface area contributed by atoms with Crippen LogP contribution in [0, 0.1) is 0 Å². The Labute approximate surface area is 101 Å². The van der Waals surface area contributed by atoms with E-state index in [-0.39, 0.29) is 6.09 Å². The predicted octanol–water partition coefficient (Wildman–Crippen LogP) is 1.81. The van der Waals surface area contributed by atoms with E-state index in [1.165, 1.54) is 0 Å². The molecule has 0 radical (unpaired) electrons. The Bertz CT molecular complexity index is 361. The maximum atomic E-state index is 11.5. The van der Waals surface area contributed by atoms with Gasteiger partial charge in [-0.2, -0.15) is 0 Å². The number of carbonyl (C=O) groups excluding carboxylic acids is 1. The van der Waals surface area contributed by atoms with E-state index >= 15 is 0 Å². The average molecular weight is 235 g/mol. The lowest BCUT2D eigenvalue weighted by Crippen LogP contribution is -2.38. The van der Waals surface area contributed by atoms with Crippen molar-refractivity contribution in [2.45, 2.75) is 25.7 Å². The molecular formula is C12H17N3O2.